The summed E-state index contributed by atoms with van der Waals surface area (Å²) in [5, 5.41) is 8.89. The molecule has 0 aliphatic carbocycles. The summed E-state index contributed by atoms with van der Waals surface area (Å²) in [4.78, 5) is 17.3. The normalized spacial score (nSPS) is 10.4. The number of carbonyl (C=O) groups is 1. The molecule has 82 valence electrons. The van der Waals surface area contributed by atoms with E-state index in [0.29, 0.717) is 16.8 Å². The van der Waals surface area contributed by atoms with Crippen LogP contribution in [0.4, 0.5) is 4.39 Å². The van der Waals surface area contributed by atoms with Crippen LogP contribution in [-0.4, -0.2) is 21.0 Å². The minimum absolute atomic E-state index is 0.00556. The Bertz CT molecular complexity index is 549. The fraction of sp³-hybridized carbons (Fsp3) is 0.0909. The molecule has 0 fully saturated rings. The number of hydrogen-bond donors (Lipinski definition) is 2. The number of nitrogens with zero attached hydrogens (tertiary/aromatic N) is 1. The highest BCUT2D eigenvalue weighted by atomic mass is 19.1. The van der Waals surface area contributed by atoms with Crippen molar-refractivity contribution in [3.05, 3.63) is 41.6 Å². The summed E-state index contributed by atoms with van der Waals surface area (Å²) in [7, 11) is 0. The molecular weight excluding hydrogens is 211 g/mol. The van der Waals surface area contributed by atoms with E-state index in [9.17, 15) is 9.18 Å². The number of imidazole rings is 1. The standard InChI is InChI=1S/C11H9FN2O2/c1-6-4-7(2-3-8(6)12)9-10(11(15)16)14-5-13-9/h2-5H,1H3,(H,13,14)(H,15,16). The first-order valence-corrected chi connectivity index (χ1v) is 4.63. The van der Waals surface area contributed by atoms with Crippen LogP contribution in [-0.2, 0) is 0 Å². The van der Waals surface area contributed by atoms with Gasteiger partial charge in [0.05, 0.1) is 6.33 Å². The predicted molar refractivity (Wildman–Crippen MR) is 55.7 cm³/mol. The highest BCUT2D eigenvalue weighted by Gasteiger charge is 2.14. The van der Waals surface area contributed by atoms with E-state index in [1.165, 1.54) is 18.5 Å². The van der Waals surface area contributed by atoms with Crippen LogP contribution in [0.3, 0.4) is 0 Å². The summed E-state index contributed by atoms with van der Waals surface area (Å²) in [6, 6.07) is 4.37. The molecule has 2 rings (SSSR count). The Kier molecular flexibility index (Phi) is 2.44. The van der Waals surface area contributed by atoms with Crippen molar-refractivity contribution in [3.63, 3.8) is 0 Å². The van der Waals surface area contributed by atoms with Crippen LogP contribution in [0.1, 0.15) is 16.1 Å². The lowest BCUT2D eigenvalue weighted by molar-refractivity contribution is 0.0692. The van der Waals surface area contributed by atoms with Crippen molar-refractivity contribution < 1.29 is 14.3 Å². The highest BCUT2D eigenvalue weighted by Crippen LogP contribution is 2.22. The fourth-order valence-electron chi connectivity index (χ4n) is 1.47. The van der Waals surface area contributed by atoms with Crippen molar-refractivity contribution in [2.45, 2.75) is 6.92 Å². The Morgan fingerprint density at radius 3 is 2.88 bits per heavy atom. The van der Waals surface area contributed by atoms with E-state index >= 15 is 0 Å². The van der Waals surface area contributed by atoms with Crippen LogP contribution in [0.15, 0.2) is 24.5 Å². The second-order valence-corrected chi connectivity index (χ2v) is 3.40. The van der Waals surface area contributed by atoms with E-state index in [1.54, 1.807) is 13.0 Å². The average molecular weight is 220 g/mol. The van der Waals surface area contributed by atoms with Crippen molar-refractivity contribution in [3.8, 4) is 11.3 Å². The van der Waals surface area contributed by atoms with Gasteiger partial charge in [0.15, 0.2) is 5.69 Å². The van der Waals surface area contributed by atoms with Gasteiger partial charge in [-0.1, -0.05) is 0 Å². The van der Waals surface area contributed by atoms with Gasteiger partial charge in [-0.25, -0.2) is 14.2 Å². The topological polar surface area (TPSA) is 66.0 Å². The maximum atomic E-state index is 13.1. The molecule has 0 spiro atoms. The van der Waals surface area contributed by atoms with Gasteiger partial charge in [0.1, 0.15) is 11.5 Å². The molecule has 4 nitrogen and oxygen atoms in total. The smallest absolute Gasteiger partial charge is 0.354 e. The Labute approximate surface area is 90.8 Å². The maximum absolute atomic E-state index is 13.1. The minimum atomic E-state index is -1.09. The monoisotopic (exact) mass is 220 g/mol. The van der Waals surface area contributed by atoms with E-state index in [1.807, 2.05) is 0 Å². The number of benzene rings is 1. The Morgan fingerprint density at radius 1 is 1.50 bits per heavy atom. The van der Waals surface area contributed by atoms with Gasteiger partial charge < -0.3 is 10.1 Å². The number of hydrogen-bond acceptors (Lipinski definition) is 2. The van der Waals surface area contributed by atoms with Crippen LogP contribution in [0.5, 0.6) is 0 Å². The molecule has 1 heterocycles. The first-order chi connectivity index (χ1) is 7.59. The number of halogens is 1. The van der Waals surface area contributed by atoms with Crippen LogP contribution in [0.25, 0.3) is 11.3 Å². The Balaban J connectivity index is 2.54. The molecule has 0 saturated heterocycles. The zero-order chi connectivity index (χ0) is 11.7. The number of aromatic nitrogens is 2. The predicted octanol–water partition coefficient (Wildman–Crippen LogP) is 2.22. The number of H-pyrrole nitrogens is 1. The Hall–Kier alpha value is -2.17. The van der Waals surface area contributed by atoms with Crippen LogP contribution in [0.2, 0.25) is 0 Å². The highest BCUT2D eigenvalue weighted by molar-refractivity contribution is 5.92. The van der Waals surface area contributed by atoms with Crippen molar-refractivity contribution in [2.24, 2.45) is 0 Å². The zero-order valence-electron chi connectivity index (χ0n) is 8.49. The molecule has 0 atom stereocenters. The summed E-state index contributed by atoms with van der Waals surface area (Å²) in [5.74, 6) is -1.41. The zero-order valence-corrected chi connectivity index (χ0v) is 8.49. The molecule has 0 unspecified atom stereocenters. The number of carboxylic acids is 1. The first kappa shape index (κ1) is 10.4. The van der Waals surface area contributed by atoms with E-state index in [4.69, 9.17) is 5.11 Å². The lowest BCUT2D eigenvalue weighted by Gasteiger charge is -2.01. The third-order valence-electron chi connectivity index (χ3n) is 2.28. The molecule has 2 aromatic rings. The van der Waals surface area contributed by atoms with E-state index in [0.717, 1.165) is 0 Å². The number of aromatic carboxylic acids is 1. The van der Waals surface area contributed by atoms with Crippen molar-refractivity contribution in [1.82, 2.24) is 9.97 Å². The van der Waals surface area contributed by atoms with Gasteiger partial charge in [-0.15, -0.1) is 0 Å². The summed E-state index contributed by atoms with van der Waals surface area (Å²) in [5.41, 5.74) is 1.36. The van der Waals surface area contributed by atoms with Gasteiger partial charge in [-0.3, -0.25) is 0 Å². The van der Waals surface area contributed by atoms with Crippen LogP contribution < -0.4 is 0 Å². The van der Waals surface area contributed by atoms with Crippen LogP contribution in [0, 0.1) is 12.7 Å². The Morgan fingerprint density at radius 2 is 2.25 bits per heavy atom. The molecule has 0 saturated carbocycles. The van der Waals surface area contributed by atoms with E-state index < -0.39 is 5.97 Å². The number of carboxylic acid groups (broad SMARTS) is 1. The maximum Gasteiger partial charge on any atom is 0.354 e. The molecule has 0 bridgehead atoms. The third-order valence-corrected chi connectivity index (χ3v) is 2.28. The largest absolute Gasteiger partial charge is 0.477 e. The third kappa shape index (κ3) is 1.67. The van der Waals surface area contributed by atoms with Gasteiger partial charge >= 0.3 is 5.97 Å². The van der Waals surface area contributed by atoms with E-state index in [2.05, 4.69) is 9.97 Å². The molecule has 16 heavy (non-hydrogen) atoms. The summed E-state index contributed by atoms with van der Waals surface area (Å²) >= 11 is 0. The quantitative estimate of drug-likeness (QED) is 0.815. The molecule has 2 N–H and O–H groups in total. The molecule has 5 heteroatoms. The lowest BCUT2D eigenvalue weighted by atomic mass is 10.1. The number of rotatable bonds is 2. The lowest BCUT2D eigenvalue weighted by Crippen LogP contribution is -1.99. The minimum Gasteiger partial charge on any atom is -0.477 e. The SMILES string of the molecule is Cc1cc(-c2nc[nH]c2C(=O)O)ccc1F. The molecule has 0 radical (unpaired) electrons. The van der Waals surface area contributed by atoms with Crippen LogP contribution >= 0.6 is 0 Å². The number of aryl methyl sites for hydroxylation is 1. The summed E-state index contributed by atoms with van der Waals surface area (Å²) < 4.78 is 13.1. The number of nitrogens with one attached hydrogen (secondary N) is 1. The van der Waals surface area contributed by atoms with Gasteiger partial charge in [-0.2, -0.15) is 0 Å². The van der Waals surface area contributed by atoms with Gasteiger partial charge in [0.25, 0.3) is 0 Å². The molecule has 1 aromatic heterocycles. The van der Waals surface area contributed by atoms with Gasteiger partial charge in [0, 0.05) is 5.56 Å². The average Bonchev–Trinajstić information content (AvgIpc) is 2.71. The van der Waals surface area contributed by atoms with Gasteiger partial charge in [0.2, 0.25) is 0 Å². The first-order valence-electron chi connectivity index (χ1n) is 4.63. The summed E-state index contributed by atoms with van der Waals surface area (Å²) in [6.07, 6.45) is 1.30. The van der Waals surface area contributed by atoms with Crippen molar-refractivity contribution in [2.75, 3.05) is 0 Å². The van der Waals surface area contributed by atoms with Gasteiger partial charge in [-0.05, 0) is 30.7 Å². The fourth-order valence-corrected chi connectivity index (χ4v) is 1.47. The molecule has 0 amide bonds. The molecular formula is C11H9FN2O2. The summed E-state index contributed by atoms with van der Waals surface area (Å²) in [6.45, 7) is 1.62. The second-order valence-electron chi connectivity index (χ2n) is 3.40. The molecule has 1 aromatic carbocycles. The van der Waals surface area contributed by atoms with E-state index in [-0.39, 0.29) is 11.5 Å². The van der Waals surface area contributed by atoms with Crippen molar-refractivity contribution in [1.29, 1.82) is 0 Å². The van der Waals surface area contributed by atoms with Crippen molar-refractivity contribution >= 4 is 5.97 Å². The second kappa shape index (κ2) is 3.77. The molecule has 0 aliphatic rings. The molecule has 0 aliphatic heterocycles. The number of aromatic amines is 1.